The van der Waals surface area contributed by atoms with Gasteiger partial charge in [-0.15, -0.1) is 0 Å². The lowest BCUT2D eigenvalue weighted by Crippen LogP contribution is -2.18. The topological polar surface area (TPSA) is 42.0 Å². The van der Waals surface area contributed by atoms with E-state index in [4.69, 9.17) is 9.47 Å². The lowest BCUT2D eigenvalue weighted by atomic mass is 9.75. The summed E-state index contributed by atoms with van der Waals surface area (Å²) in [6.07, 6.45) is 3.73. The van der Waals surface area contributed by atoms with Crippen LogP contribution in [0.3, 0.4) is 0 Å². The van der Waals surface area contributed by atoms with Crippen molar-refractivity contribution >= 4 is 5.57 Å². The summed E-state index contributed by atoms with van der Waals surface area (Å²) in [5.74, 6) is -6.05. The van der Waals surface area contributed by atoms with E-state index < -0.39 is 41.0 Å². The number of allylic oxidation sites excluding steroid dienone is 1. The van der Waals surface area contributed by atoms with Crippen LogP contribution in [0.4, 0.5) is 26.3 Å². The largest absolute Gasteiger partial charge is 0.388 e. The van der Waals surface area contributed by atoms with Gasteiger partial charge >= 0.3 is 0 Å². The Kier molecular flexibility index (Phi) is 9.41. The smallest absolute Gasteiger partial charge is 0.166 e. The molecule has 2 fully saturated rings. The van der Waals surface area contributed by atoms with Crippen molar-refractivity contribution in [2.24, 2.45) is 0 Å². The Morgan fingerprint density at radius 2 is 1.36 bits per heavy atom. The fraction of sp³-hybridized carbons (Fsp3) is 0.444. The van der Waals surface area contributed by atoms with E-state index in [9.17, 15) is 22.7 Å². The molecule has 0 aromatic heterocycles. The molecular weight excluding hydrogens is 594 g/mol. The number of halogens is 6. The van der Waals surface area contributed by atoms with Gasteiger partial charge in [-0.05, 0) is 79.9 Å². The van der Waals surface area contributed by atoms with Crippen molar-refractivity contribution in [2.75, 3.05) is 6.61 Å². The van der Waals surface area contributed by atoms with Crippen LogP contribution >= 0.6 is 0 Å². The quantitative estimate of drug-likeness (QED) is 0.189. The van der Waals surface area contributed by atoms with Crippen LogP contribution < -0.4 is 0 Å². The second kappa shape index (κ2) is 13.3. The van der Waals surface area contributed by atoms with Gasteiger partial charge in [0.25, 0.3) is 0 Å². The Bertz CT molecular complexity index is 1590. The van der Waals surface area contributed by atoms with Gasteiger partial charge in [-0.2, -0.15) is 0 Å². The van der Waals surface area contributed by atoms with Crippen LogP contribution in [-0.4, -0.2) is 17.8 Å². The summed E-state index contributed by atoms with van der Waals surface area (Å²) in [7, 11) is 0. The molecule has 45 heavy (non-hydrogen) atoms. The van der Waals surface area contributed by atoms with Gasteiger partial charge in [0.15, 0.2) is 34.9 Å². The van der Waals surface area contributed by atoms with E-state index in [1.807, 2.05) is 0 Å². The fourth-order valence-corrected chi connectivity index (χ4v) is 6.82. The average Bonchev–Trinajstić information content (AvgIpc) is 3.90. The lowest BCUT2D eigenvalue weighted by molar-refractivity contribution is 0.0342. The number of rotatable bonds is 9. The first-order valence-electron chi connectivity index (χ1n) is 15.7. The highest BCUT2D eigenvalue weighted by Crippen LogP contribution is 2.44. The van der Waals surface area contributed by atoms with E-state index in [1.54, 1.807) is 31.2 Å². The zero-order chi connectivity index (χ0) is 31.8. The van der Waals surface area contributed by atoms with E-state index in [0.717, 1.165) is 0 Å². The maximum Gasteiger partial charge on any atom is 0.166 e. The van der Waals surface area contributed by atoms with E-state index >= 15 is 8.78 Å². The lowest BCUT2D eigenvalue weighted by Gasteiger charge is -2.30. The molecule has 6 rings (SSSR count). The summed E-state index contributed by atoms with van der Waals surface area (Å²) in [5, 5.41) is 9.91. The Balaban J connectivity index is 1.04. The van der Waals surface area contributed by atoms with E-state index in [-0.39, 0.29) is 64.9 Å². The summed E-state index contributed by atoms with van der Waals surface area (Å²) >= 11 is 0. The maximum atomic E-state index is 15.2. The molecule has 1 heterocycles. The predicted octanol–water partition coefficient (Wildman–Crippen LogP) is 9.63. The van der Waals surface area contributed by atoms with Gasteiger partial charge in [0.2, 0.25) is 0 Å². The highest BCUT2D eigenvalue weighted by molar-refractivity contribution is 5.67. The zero-order valence-electron chi connectivity index (χ0n) is 25.0. The monoisotopic (exact) mass is 630 g/mol. The molecule has 0 spiro atoms. The van der Waals surface area contributed by atoms with Gasteiger partial charge in [0, 0.05) is 22.3 Å². The highest BCUT2D eigenvalue weighted by Gasteiger charge is 2.33. The molecule has 3 aliphatic rings. The second-order valence-corrected chi connectivity index (χ2v) is 12.4. The molecule has 1 saturated carbocycles. The van der Waals surface area contributed by atoms with Gasteiger partial charge in [-0.3, -0.25) is 0 Å². The molecule has 3 unspecified atom stereocenters. The molecule has 0 radical (unpaired) electrons. The standard InChI is InChI=1S/C36H36F6O3/c1-2-29(43)27-15-13-25(33(39)35(27)41)21-7-10-23(11-8-21)44-17-22-9-12-24(32(38)31(22)37)19-3-5-20(6-4-19)26-14-16-28(30-18-45-30)36(42)34(26)40/h7,9,12-16,19-20,23,29-30,43H,2-6,8,10-11,17-18H2,1H3. The minimum Gasteiger partial charge on any atom is -0.388 e. The van der Waals surface area contributed by atoms with Gasteiger partial charge in [-0.25, -0.2) is 26.3 Å². The van der Waals surface area contributed by atoms with Crippen molar-refractivity contribution in [2.45, 2.75) is 95.0 Å². The minimum atomic E-state index is -1.07. The molecule has 3 aromatic carbocycles. The normalized spacial score (nSPS) is 24.0. The third-order valence-corrected chi connectivity index (χ3v) is 9.66. The van der Waals surface area contributed by atoms with Crippen LogP contribution in [-0.2, 0) is 16.1 Å². The van der Waals surface area contributed by atoms with Crippen LogP contribution in [0.25, 0.3) is 5.57 Å². The van der Waals surface area contributed by atoms with E-state index in [2.05, 4.69) is 0 Å². The number of aliphatic hydroxyl groups excluding tert-OH is 1. The predicted molar refractivity (Wildman–Crippen MR) is 157 cm³/mol. The van der Waals surface area contributed by atoms with Crippen LogP contribution in [0.5, 0.6) is 0 Å². The molecule has 0 amide bonds. The summed E-state index contributed by atoms with van der Waals surface area (Å²) in [4.78, 5) is 0. The molecule has 0 bridgehead atoms. The molecule has 3 atom stereocenters. The van der Waals surface area contributed by atoms with Gasteiger partial charge < -0.3 is 14.6 Å². The summed E-state index contributed by atoms with van der Waals surface area (Å²) in [6, 6.07) is 9.20. The SMILES string of the molecule is CCC(O)c1ccc(C2=CCC(OCc3ccc(C4CCC(c5ccc(C6CO6)c(F)c5F)CC4)c(F)c3F)CC2)c(F)c1F. The zero-order valence-corrected chi connectivity index (χ0v) is 25.0. The van der Waals surface area contributed by atoms with E-state index in [1.165, 1.54) is 18.2 Å². The minimum absolute atomic E-state index is 0.0677. The maximum absolute atomic E-state index is 15.2. The Morgan fingerprint density at radius 1 is 0.756 bits per heavy atom. The molecule has 3 aromatic rings. The van der Waals surface area contributed by atoms with Crippen LogP contribution in [0.1, 0.15) is 116 Å². The van der Waals surface area contributed by atoms with Crippen molar-refractivity contribution < 1.29 is 40.9 Å². The van der Waals surface area contributed by atoms with Crippen molar-refractivity contribution in [1.82, 2.24) is 0 Å². The fourth-order valence-electron chi connectivity index (χ4n) is 6.82. The average molecular weight is 631 g/mol. The second-order valence-electron chi connectivity index (χ2n) is 12.4. The van der Waals surface area contributed by atoms with Crippen LogP contribution in [0.2, 0.25) is 0 Å². The Morgan fingerprint density at radius 3 is 1.96 bits per heavy atom. The Labute approximate surface area is 258 Å². The molecule has 9 heteroatoms. The third kappa shape index (κ3) is 6.44. The number of hydrogen-bond acceptors (Lipinski definition) is 3. The summed E-state index contributed by atoms with van der Waals surface area (Å²) in [6.45, 7) is 1.94. The molecule has 240 valence electrons. The van der Waals surface area contributed by atoms with Gasteiger partial charge in [0.1, 0.15) is 6.10 Å². The first-order valence-corrected chi connectivity index (χ1v) is 15.7. The molecular formula is C36H36F6O3. The molecule has 1 saturated heterocycles. The highest BCUT2D eigenvalue weighted by atomic mass is 19.2. The molecule has 2 aliphatic carbocycles. The number of hydrogen-bond donors (Lipinski definition) is 1. The Hall–Kier alpha value is -3.14. The van der Waals surface area contributed by atoms with Gasteiger partial charge in [-0.1, -0.05) is 49.4 Å². The molecule has 1 aliphatic heterocycles. The van der Waals surface area contributed by atoms with Crippen LogP contribution in [0, 0.1) is 34.9 Å². The van der Waals surface area contributed by atoms with Crippen molar-refractivity contribution in [3.05, 3.63) is 111 Å². The van der Waals surface area contributed by atoms with Crippen molar-refractivity contribution in [3.63, 3.8) is 0 Å². The molecule has 1 N–H and O–H groups in total. The summed E-state index contributed by atoms with van der Waals surface area (Å²) < 4.78 is 100.0. The van der Waals surface area contributed by atoms with Gasteiger partial charge in [0.05, 0.1) is 25.4 Å². The number of ether oxygens (including phenoxy) is 2. The first kappa shape index (κ1) is 31.8. The van der Waals surface area contributed by atoms with E-state index in [0.29, 0.717) is 62.7 Å². The molecule has 3 nitrogen and oxygen atoms in total. The number of benzene rings is 3. The van der Waals surface area contributed by atoms with Crippen molar-refractivity contribution in [1.29, 1.82) is 0 Å². The number of epoxide rings is 1. The summed E-state index contributed by atoms with van der Waals surface area (Å²) in [5.41, 5.74) is 1.64. The third-order valence-electron chi connectivity index (χ3n) is 9.66. The van der Waals surface area contributed by atoms with Crippen molar-refractivity contribution in [3.8, 4) is 0 Å². The first-order chi connectivity index (χ1) is 21.7. The number of aliphatic hydroxyl groups is 1. The van der Waals surface area contributed by atoms with Crippen LogP contribution in [0.15, 0.2) is 42.5 Å².